The van der Waals surface area contributed by atoms with E-state index in [0.29, 0.717) is 19.0 Å². The van der Waals surface area contributed by atoms with Crippen LogP contribution in [-0.4, -0.2) is 16.1 Å². The molecule has 1 saturated carbocycles. The number of pyridine rings is 1. The molecule has 92 valence electrons. The lowest BCUT2D eigenvalue weighted by Crippen LogP contribution is -2.43. The van der Waals surface area contributed by atoms with Crippen LogP contribution in [0.25, 0.3) is 0 Å². The fourth-order valence-electron chi connectivity index (χ4n) is 1.95. The normalized spacial score (nSPS) is 18.5. The van der Waals surface area contributed by atoms with E-state index in [2.05, 4.69) is 4.98 Å². The summed E-state index contributed by atoms with van der Waals surface area (Å²) in [4.78, 5) is 14.8. The number of halogens is 3. The summed E-state index contributed by atoms with van der Waals surface area (Å²) in [5.41, 5.74) is -1.73. The highest BCUT2D eigenvalue weighted by atomic mass is 19.4. The largest absolute Gasteiger partial charge is 0.481 e. The van der Waals surface area contributed by atoms with E-state index in [1.165, 1.54) is 0 Å². The summed E-state index contributed by atoms with van der Waals surface area (Å²) in [6.45, 7) is 0. The molecule has 17 heavy (non-hydrogen) atoms. The average Bonchev–Trinajstić information content (AvgIpc) is 2.14. The van der Waals surface area contributed by atoms with Crippen LogP contribution in [0.5, 0.6) is 0 Å². The van der Waals surface area contributed by atoms with Crippen molar-refractivity contribution >= 4 is 5.97 Å². The van der Waals surface area contributed by atoms with Crippen LogP contribution >= 0.6 is 0 Å². The van der Waals surface area contributed by atoms with E-state index >= 15 is 0 Å². The smallest absolute Gasteiger partial charge is 0.417 e. The molecule has 1 aliphatic carbocycles. The van der Waals surface area contributed by atoms with Gasteiger partial charge < -0.3 is 5.11 Å². The van der Waals surface area contributed by atoms with Crippen molar-refractivity contribution in [3.05, 3.63) is 29.6 Å². The molecule has 1 aromatic heterocycles. The molecule has 0 aromatic carbocycles. The Morgan fingerprint density at radius 2 is 2.00 bits per heavy atom. The number of alkyl halides is 3. The van der Waals surface area contributed by atoms with Crippen LogP contribution in [0.2, 0.25) is 0 Å². The molecule has 0 spiro atoms. The first-order valence-electron chi connectivity index (χ1n) is 5.13. The molecule has 0 radical (unpaired) electrons. The Kier molecular flexibility index (Phi) is 2.60. The number of nitrogens with zero attached hydrogens (tertiary/aromatic N) is 1. The molecule has 0 aliphatic heterocycles. The van der Waals surface area contributed by atoms with Crippen molar-refractivity contribution in [3.8, 4) is 0 Å². The first-order chi connectivity index (χ1) is 7.86. The topological polar surface area (TPSA) is 50.2 Å². The van der Waals surface area contributed by atoms with Crippen molar-refractivity contribution in [1.29, 1.82) is 0 Å². The molecule has 2 rings (SSSR count). The first kappa shape index (κ1) is 11.9. The highest BCUT2D eigenvalue weighted by Crippen LogP contribution is 2.43. The summed E-state index contributed by atoms with van der Waals surface area (Å²) >= 11 is 0. The van der Waals surface area contributed by atoms with Gasteiger partial charge in [-0.25, -0.2) is 0 Å². The zero-order valence-electron chi connectivity index (χ0n) is 8.79. The van der Waals surface area contributed by atoms with Gasteiger partial charge in [0.25, 0.3) is 0 Å². The monoisotopic (exact) mass is 245 g/mol. The third-order valence-corrected chi connectivity index (χ3v) is 3.20. The lowest BCUT2D eigenvalue weighted by atomic mass is 9.66. The second-order valence-corrected chi connectivity index (χ2v) is 4.17. The van der Waals surface area contributed by atoms with Crippen LogP contribution in [0.4, 0.5) is 13.2 Å². The molecule has 0 saturated heterocycles. The maximum atomic E-state index is 12.3. The Bertz CT molecular complexity index is 435. The van der Waals surface area contributed by atoms with Gasteiger partial charge in [-0.2, -0.15) is 13.2 Å². The molecular weight excluding hydrogens is 235 g/mol. The molecule has 1 fully saturated rings. The van der Waals surface area contributed by atoms with E-state index in [1.807, 2.05) is 0 Å². The van der Waals surface area contributed by atoms with Gasteiger partial charge in [-0.05, 0) is 25.0 Å². The lowest BCUT2D eigenvalue weighted by molar-refractivity contribution is -0.147. The number of carbonyl (C=O) groups is 1. The zero-order chi connectivity index (χ0) is 12.7. The summed E-state index contributed by atoms with van der Waals surface area (Å²) in [5, 5.41) is 9.10. The Hall–Kier alpha value is -1.59. The van der Waals surface area contributed by atoms with E-state index in [-0.39, 0.29) is 5.69 Å². The molecule has 0 bridgehead atoms. The Labute approximate surface area is 95.3 Å². The van der Waals surface area contributed by atoms with Crippen molar-refractivity contribution < 1.29 is 23.1 Å². The lowest BCUT2D eigenvalue weighted by Gasteiger charge is -2.36. The van der Waals surface area contributed by atoms with Crippen molar-refractivity contribution in [2.24, 2.45) is 0 Å². The van der Waals surface area contributed by atoms with Crippen molar-refractivity contribution in [2.75, 3.05) is 0 Å². The number of hydrogen-bond acceptors (Lipinski definition) is 2. The van der Waals surface area contributed by atoms with Gasteiger partial charge in [0.1, 0.15) is 5.41 Å². The fraction of sp³-hybridized carbons (Fsp3) is 0.455. The van der Waals surface area contributed by atoms with Crippen LogP contribution in [0, 0.1) is 0 Å². The van der Waals surface area contributed by atoms with Gasteiger partial charge in [0.15, 0.2) is 0 Å². The Morgan fingerprint density at radius 3 is 2.29 bits per heavy atom. The second kappa shape index (κ2) is 3.72. The van der Waals surface area contributed by atoms with Crippen LogP contribution in [-0.2, 0) is 16.4 Å². The minimum absolute atomic E-state index is 0.212. The Morgan fingerprint density at radius 1 is 1.35 bits per heavy atom. The van der Waals surface area contributed by atoms with Crippen LogP contribution in [0.3, 0.4) is 0 Å². The van der Waals surface area contributed by atoms with Crippen molar-refractivity contribution in [2.45, 2.75) is 30.9 Å². The number of aromatic nitrogens is 1. The molecule has 0 atom stereocenters. The number of carboxylic acid groups (broad SMARTS) is 1. The van der Waals surface area contributed by atoms with E-state index in [1.54, 1.807) is 0 Å². The standard InChI is InChI=1S/C11H10F3NO2/c12-11(13,14)7-2-3-8(15-6-7)10(9(16)17)4-1-5-10/h2-3,6H,1,4-5H2,(H,16,17). The number of rotatable bonds is 2. The quantitative estimate of drug-likeness (QED) is 0.871. The van der Waals surface area contributed by atoms with Crippen LogP contribution < -0.4 is 0 Å². The van der Waals surface area contributed by atoms with E-state index < -0.39 is 23.1 Å². The van der Waals surface area contributed by atoms with Gasteiger partial charge >= 0.3 is 12.1 Å². The molecule has 0 amide bonds. The highest BCUT2D eigenvalue weighted by molar-refractivity contribution is 5.81. The predicted molar refractivity (Wildman–Crippen MR) is 52.4 cm³/mol. The van der Waals surface area contributed by atoms with Crippen LogP contribution in [0.15, 0.2) is 18.3 Å². The molecule has 1 N–H and O–H groups in total. The van der Waals surface area contributed by atoms with Gasteiger partial charge in [0.05, 0.1) is 11.3 Å². The molecule has 1 aliphatic rings. The third kappa shape index (κ3) is 1.87. The van der Waals surface area contributed by atoms with Crippen molar-refractivity contribution in [3.63, 3.8) is 0 Å². The minimum Gasteiger partial charge on any atom is -0.481 e. The maximum Gasteiger partial charge on any atom is 0.417 e. The Balaban J connectivity index is 2.32. The third-order valence-electron chi connectivity index (χ3n) is 3.20. The minimum atomic E-state index is -4.44. The van der Waals surface area contributed by atoms with Gasteiger partial charge in [-0.1, -0.05) is 6.42 Å². The summed E-state index contributed by atoms with van der Waals surface area (Å²) in [6.07, 6.45) is -2.13. The first-order valence-corrected chi connectivity index (χ1v) is 5.13. The number of aliphatic carboxylic acids is 1. The molecule has 0 unspecified atom stereocenters. The maximum absolute atomic E-state index is 12.3. The highest BCUT2D eigenvalue weighted by Gasteiger charge is 2.47. The second-order valence-electron chi connectivity index (χ2n) is 4.17. The average molecular weight is 245 g/mol. The molecule has 6 heteroatoms. The molecule has 1 aromatic rings. The zero-order valence-corrected chi connectivity index (χ0v) is 8.79. The van der Waals surface area contributed by atoms with E-state index in [4.69, 9.17) is 5.11 Å². The molecule has 1 heterocycles. The molecule has 3 nitrogen and oxygen atoms in total. The van der Waals surface area contributed by atoms with Gasteiger partial charge in [-0.3, -0.25) is 9.78 Å². The number of carboxylic acids is 1. The SMILES string of the molecule is O=C(O)C1(c2ccc(C(F)(F)F)cn2)CCC1. The van der Waals surface area contributed by atoms with Crippen molar-refractivity contribution in [1.82, 2.24) is 4.98 Å². The van der Waals surface area contributed by atoms with Gasteiger partial charge in [0, 0.05) is 6.20 Å². The van der Waals surface area contributed by atoms with E-state index in [9.17, 15) is 18.0 Å². The van der Waals surface area contributed by atoms with Gasteiger partial charge in [-0.15, -0.1) is 0 Å². The summed E-state index contributed by atoms with van der Waals surface area (Å²) in [7, 11) is 0. The summed E-state index contributed by atoms with van der Waals surface area (Å²) < 4.78 is 36.9. The molecular formula is C11H10F3NO2. The summed E-state index contributed by atoms with van der Waals surface area (Å²) in [5.74, 6) is -1.02. The van der Waals surface area contributed by atoms with E-state index in [0.717, 1.165) is 18.6 Å². The predicted octanol–water partition coefficient (Wildman–Crippen LogP) is 2.61. The fourth-order valence-corrected chi connectivity index (χ4v) is 1.95. The van der Waals surface area contributed by atoms with Crippen LogP contribution in [0.1, 0.15) is 30.5 Å². The number of hydrogen-bond donors (Lipinski definition) is 1. The van der Waals surface area contributed by atoms with Gasteiger partial charge in [0.2, 0.25) is 0 Å². The summed E-state index contributed by atoms with van der Waals surface area (Å²) in [6, 6.07) is 2.04.